The third-order valence-electron chi connectivity index (χ3n) is 3.60. The topological polar surface area (TPSA) is 51.8 Å². The summed E-state index contributed by atoms with van der Waals surface area (Å²) in [4.78, 5) is 9.15. The predicted molar refractivity (Wildman–Crippen MR) is 73.3 cm³/mol. The van der Waals surface area contributed by atoms with Gasteiger partial charge in [-0.1, -0.05) is 12.1 Å². The van der Waals surface area contributed by atoms with Crippen LogP contribution in [-0.4, -0.2) is 9.97 Å². The average Bonchev–Trinajstić information content (AvgIpc) is 2.41. The monoisotopic (exact) mass is 239 g/mol. The van der Waals surface area contributed by atoms with Crippen molar-refractivity contribution < 1.29 is 0 Å². The summed E-state index contributed by atoms with van der Waals surface area (Å²) >= 11 is 0. The summed E-state index contributed by atoms with van der Waals surface area (Å²) < 4.78 is 0. The lowest BCUT2D eigenvalue weighted by atomic mass is 9.97. The highest BCUT2D eigenvalue weighted by molar-refractivity contribution is 5.63. The van der Waals surface area contributed by atoms with Gasteiger partial charge in [0, 0.05) is 23.1 Å². The number of rotatable bonds is 1. The molecule has 0 aliphatic heterocycles. The molecule has 92 valence electrons. The quantitative estimate of drug-likeness (QED) is 0.778. The lowest BCUT2D eigenvalue weighted by molar-refractivity contribution is 0.663. The Bertz CT molecular complexity index is 590. The Morgan fingerprint density at radius 2 is 2.00 bits per heavy atom. The molecule has 3 heteroatoms. The number of hydrogen-bond acceptors (Lipinski definition) is 3. The first-order valence-corrected chi connectivity index (χ1v) is 6.45. The minimum Gasteiger partial charge on any atom is -0.398 e. The van der Waals surface area contributed by atoms with Gasteiger partial charge in [0.1, 0.15) is 0 Å². The van der Waals surface area contributed by atoms with Crippen molar-refractivity contribution in [3.63, 3.8) is 0 Å². The smallest absolute Gasteiger partial charge is 0.159 e. The van der Waals surface area contributed by atoms with Gasteiger partial charge in [-0.2, -0.15) is 0 Å². The van der Waals surface area contributed by atoms with Crippen LogP contribution in [0.4, 0.5) is 5.69 Å². The number of fused-ring (bicyclic) bond motifs is 1. The molecule has 0 atom stereocenters. The van der Waals surface area contributed by atoms with Crippen LogP contribution >= 0.6 is 0 Å². The molecule has 3 nitrogen and oxygen atoms in total. The molecule has 2 aromatic rings. The molecule has 0 radical (unpaired) electrons. The third kappa shape index (κ3) is 1.96. The number of aryl methyl sites for hydroxylation is 3. The summed E-state index contributed by atoms with van der Waals surface area (Å²) in [5.41, 5.74) is 11.4. The van der Waals surface area contributed by atoms with Crippen LogP contribution < -0.4 is 5.73 Å². The molecular formula is C15H17N3. The Morgan fingerprint density at radius 3 is 2.83 bits per heavy atom. The average molecular weight is 239 g/mol. The molecule has 0 amide bonds. The molecular weight excluding hydrogens is 222 g/mol. The Labute approximate surface area is 107 Å². The Morgan fingerprint density at radius 1 is 1.17 bits per heavy atom. The minimum atomic E-state index is 0.794. The second kappa shape index (κ2) is 4.41. The van der Waals surface area contributed by atoms with Crippen molar-refractivity contribution in [3.05, 3.63) is 41.2 Å². The fourth-order valence-electron chi connectivity index (χ4n) is 2.39. The highest BCUT2D eigenvalue weighted by atomic mass is 14.9. The Kier molecular flexibility index (Phi) is 2.74. The molecule has 0 spiro atoms. The van der Waals surface area contributed by atoms with Crippen molar-refractivity contribution >= 4 is 5.69 Å². The van der Waals surface area contributed by atoms with Crippen molar-refractivity contribution in [1.29, 1.82) is 0 Å². The molecule has 1 aliphatic rings. The minimum absolute atomic E-state index is 0.794. The maximum absolute atomic E-state index is 5.94. The summed E-state index contributed by atoms with van der Waals surface area (Å²) in [5, 5.41) is 0. The third-order valence-corrected chi connectivity index (χ3v) is 3.60. The number of nitrogen functional groups attached to an aromatic ring is 1. The fraction of sp³-hybridized carbons (Fsp3) is 0.333. The van der Waals surface area contributed by atoms with Gasteiger partial charge in [0.2, 0.25) is 0 Å². The number of nitrogens with zero attached hydrogens (tertiary/aromatic N) is 2. The second-order valence-corrected chi connectivity index (χ2v) is 4.94. The summed E-state index contributed by atoms with van der Waals surface area (Å²) in [6.45, 7) is 2.01. The standard InChI is InChI=1S/C15H17N3/c1-10-6-7-11(8-13(10)16)15-17-9-12-4-2-3-5-14(12)18-15/h6-9H,2-5,16H2,1H3. The van der Waals surface area contributed by atoms with Crippen LogP contribution in [0.1, 0.15) is 29.7 Å². The summed E-state index contributed by atoms with van der Waals surface area (Å²) in [6, 6.07) is 6.02. The van der Waals surface area contributed by atoms with Gasteiger partial charge in [-0.15, -0.1) is 0 Å². The normalized spacial score (nSPS) is 14.3. The molecule has 1 aromatic heterocycles. The summed E-state index contributed by atoms with van der Waals surface area (Å²) in [7, 11) is 0. The van der Waals surface area contributed by atoms with Crippen molar-refractivity contribution in [2.45, 2.75) is 32.6 Å². The molecule has 0 fully saturated rings. The lowest BCUT2D eigenvalue weighted by Gasteiger charge is -2.14. The largest absolute Gasteiger partial charge is 0.398 e. The van der Waals surface area contributed by atoms with Gasteiger partial charge in [0.25, 0.3) is 0 Å². The molecule has 0 bridgehead atoms. The van der Waals surface area contributed by atoms with Crippen LogP contribution in [0.3, 0.4) is 0 Å². The van der Waals surface area contributed by atoms with Gasteiger partial charge in [0.15, 0.2) is 5.82 Å². The number of nitrogens with two attached hydrogens (primary N) is 1. The molecule has 1 aliphatic carbocycles. The molecule has 1 heterocycles. The van der Waals surface area contributed by atoms with Gasteiger partial charge >= 0.3 is 0 Å². The van der Waals surface area contributed by atoms with Crippen molar-refractivity contribution in [1.82, 2.24) is 9.97 Å². The molecule has 0 unspecified atom stereocenters. The van der Waals surface area contributed by atoms with E-state index in [0.717, 1.165) is 35.5 Å². The first kappa shape index (κ1) is 11.2. The van der Waals surface area contributed by atoms with E-state index in [4.69, 9.17) is 5.73 Å². The highest BCUT2D eigenvalue weighted by Gasteiger charge is 2.12. The van der Waals surface area contributed by atoms with Crippen LogP contribution in [0.2, 0.25) is 0 Å². The van der Waals surface area contributed by atoms with E-state index in [0.29, 0.717) is 0 Å². The van der Waals surface area contributed by atoms with E-state index in [1.54, 1.807) is 0 Å². The van der Waals surface area contributed by atoms with Gasteiger partial charge < -0.3 is 5.73 Å². The van der Waals surface area contributed by atoms with Gasteiger partial charge in [-0.25, -0.2) is 9.97 Å². The van der Waals surface area contributed by atoms with Crippen LogP contribution in [0.5, 0.6) is 0 Å². The fourth-order valence-corrected chi connectivity index (χ4v) is 2.39. The van der Waals surface area contributed by atoms with Crippen molar-refractivity contribution in [2.75, 3.05) is 5.73 Å². The molecule has 18 heavy (non-hydrogen) atoms. The van der Waals surface area contributed by atoms with Gasteiger partial charge in [-0.05, 0) is 49.8 Å². The highest BCUT2D eigenvalue weighted by Crippen LogP contribution is 2.24. The predicted octanol–water partition coefficient (Wildman–Crippen LogP) is 2.91. The maximum Gasteiger partial charge on any atom is 0.159 e. The lowest BCUT2D eigenvalue weighted by Crippen LogP contribution is -2.07. The van der Waals surface area contributed by atoms with E-state index in [2.05, 4.69) is 9.97 Å². The van der Waals surface area contributed by atoms with Crippen LogP contribution in [0.25, 0.3) is 11.4 Å². The number of aromatic nitrogens is 2. The first-order valence-electron chi connectivity index (χ1n) is 6.45. The Hall–Kier alpha value is -1.90. The SMILES string of the molecule is Cc1ccc(-c2ncc3c(n2)CCCC3)cc1N. The zero-order valence-corrected chi connectivity index (χ0v) is 10.6. The molecule has 0 saturated carbocycles. The number of benzene rings is 1. The molecule has 1 aromatic carbocycles. The van der Waals surface area contributed by atoms with E-state index in [9.17, 15) is 0 Å². The van der Waals surface area contributed by atoms with Crippen molar-refractivity contribution in [2.24, 2.45) is 0 Å². The molecule has 3 rings (SSSR count). The van der Waals surface area contributed by atoms with Gasteiger partial charge in [0.05, 0.1) is 0 Å². The first-order chi connectivity index (χ1) is 8.74. The second-order valence-electron chi connectivity index (χ2n) is 4.94. The van der Waals surface area contributed by atoms with E-state index in [-0.39, 0.29) is 0 Å². The van der Waals surface area contributed by atoms with Gasteiger partial charge in [-0.3, -0.25) is 0 Å². The van der Waals surface area contributed by atoms with Crippen LogP contribution in [-0.2, 0) is 12.8 Å². The van der Waals surface area contributed by atoms with E-state index in [1.807, 2.05) is 31.3 Å². The zero-order valence-electron chi connectivity index (χ0n) is 10.6. The number of anilines is 1. The Balaban J connectivity index is 2.03. The molecule has 2 N–H and O–H groups in total. The summed E-state index contributed by atoms with van der Waals surface area (Å²) in [5.74, 6) is 0.794. The molecule has 0 saturated heterocycles. The van der Waals surface area contributed by atoms with Crippen molar-refractivity contribution in [3.8, 4) is 11.4 Å². The van der Waals surface area contributed by atoms with E-state index < -0.39 is 0 Å². The summed E-state index contributed by atoms with van der Waals surface area (Å²) in [6.07, 6.45) is 6.66. The van der Waals surface area contributed by atoms with Crippen LogP contribution in [0.15, 0.2) is 24.4 Å². The number of hydrogen-bond donors (Lipinski definition) is 1. The zero-order chi connectivity index (χ0) is 12.5. The maximum atomic E-state index is 5.94. The van der Waals surface area contributed by atoms with E-state index >= 15 is 0 Å². The van der Waals surface area contributed by atoms with Crippen LogP contribution in [0, 0.1) is 6.92 Å². The van der Waals surface area contributed by atoms with E-state index in [1.165, 1.54) is 24.1 Å².